The van der Waals surface area contributed by atoms with Crippen molar-refractivity contribution >= 4 is 0 Å². The van der Waals surface area contributed by atoms with Crippen molar-refractivity contribution in [2.75, 3.05) is 20.2 Å². The minimum atomic E-state index is 0.338. The molecule has 1 saturated heterocycles. The Kier molecular flexibility index (Phi) is 4.37. The summed E-state index contributed by atoms with van der Waals surface area (Å²) in [4.78, 5) is 2.36. The smallest absolute Gasteiger partial charge is 0.0724 e. The maximum atomic E-state index is 8.63. The third-order valence-electron chi connectivity index (χ3n) is 3.23. The first kappa shape index (κ1) is 11.5. The summed E-state index contributed by atoms with van der Waals surface area (Å²) in [5.41, 5.74) is 0. The van der Waals surface area contributed by atoms with Gasteiger partial charge in [0.1, 0.15) is 0 Å². The summed E-state index contributed by atoms with van der Waals surface area (Å²) >= 11 is 0. The Morgan fingerprint density at radius 3 is 2.93 bits per heavy atom. The highest BCUT2D eigenvalue weighted by atomic mass is 16.5. The van der Waals surface area contributed by atoms with Crippen molar-refractivity contribution in [3.05, 3.63) is 0 Å². The average molecular weight is 196 g/mol. The zero-order valence-electron chi connectivity index (χ0n) is 9.36. The molecule has 1 heterocycles. The molecule has 0 spiro atoms. The van der Waals surface area contributed by atoms with Crippen LogP contribution in [-0.4, -0.2) is 37.2 Å². The molecule has 3 heteroatoms. The van der Waals surface area contributed by atoms with Crippen LogP contribution in [0.5, 0.6) is 0 Å². The fourth-order valence-corrected chi connectivity index (χ4v) is 2.03. The van der Waals surface area contributed by atoms with Gasteiger partial charge in [0.05, 0.1) is 18.6 Å². The highest BCUT2D eigenvalue weighted by Crippen LogP contribution is 2.21. The van der Waals surface area contributed by atoms with Crippen molar-refractivity contribution in [1.29, 1.82) is 5.26 Å². The molecule has 80 valence electrons. The summed E-state index contributed by atoms with van der Waals surface area (Å²) in [6, 6.07) is 2.59. The van der Waals surface area contributed by atoms with E-state index in [0.29, 0.717) is 24.5 Å². The molecular weight excluding hydrogens is 176 g/mol. The topological polar surface area (TPSA) is 36.3 Å². The normalized spacial score (nSPS) is 31.0. The summed E-state index contributed by atoms with van der Waals surface area (Å²) in [7, 11) is 1.78. The van der Waals surface area contributed by atoms with Gasteiger partial charge in [0.25, 0.3) is 0 Å². The number of methoxy groups -OCH3 is 1. The molecule has 0 saturated carbocycles. The van der Waals surface area contributed by atoms with Crippen molar-refractivity contribution in [3.63, 3.8) is 0 Å². The van der Waals surface area contributed by atoms with E-state index in [0.717, 1.165) is 13.1 Å². The molecule has 0 N–H and O–H groups in total. The van der Waals surface area contributed by atoms with E-state index < -0.39 is 0 Å². The van der Waals surface area contributed by atoms with Crippen molar-refractivity contribution in [3.8, 4) is 6.07 Å². The molecule has 1 fully saturated rings. The zero-order chi connectivity index (χ0) is 10.6. The van der Waals surface area contributed by atoms with Crippen LogP contribution in [0.4, 0.5) is 0 Å². The van der Waals surface area contributed by atoms with Gasteiger partial charge in [-0.1, -0.05) is 6.92 Å². The van der Waals surface area contributed by atoms with Gasteiger partial charge in [-0.05, 0) is 25.8 Å². The van der Waals surface area contributed by atoms with Crippen LogP contribution in [0.15, 0.2) is 0 Å². The molecule has 0 amide bonds. The van der Waals surface area contributed by atoms with E-state index in [2.05, 4.69) is 24.8 Å². The standard InChI is InChI=1S/C11H20N2O/c1-9-5-7-13(8-11(9)14-3)10(2)4-6-12/h9-11H,4-5,7-8H2,1-3H3. The summed E-state index contributed by atoms with van der Waals surface area (Å²) < 4.78 is 5.44. The highest BCUT2D eigenvalue weighted by molar-refractivity contribution is 4.85. The Morgan fingerprint density at radius 1 is 1.64 bits per heavy atom. The van der Waals surface area contributed by atoms with Gasteiger partial charge in [0, 0.05) is 19.7 Å². The van der Waals surface area contributed by atoms with Gasteiger partial charge in [0.15, 0.2) is 0 Å². The molecule has 0 radical (unpaired) electrons. The van der Waals surface area contributed by atoms with E-state index in [1.807, 2.05) is 0 Å². The molecule has 1 aliphatic heterocycles. The minimum Gasteiger partial charge on any atom is -0.380 e. The molecule has 3 unspecified atom stereocenters. The molecule has 14 heavy (non-hydrogen) atoms. The van der Waals surface area contributed by atoms with Gasteiger partial charge in [-0.25, -0.2) is 0 Å². The van der Waals surface area contributed by atoms with E-state index in [1.54, 1.807) is 7.11 Å². The molecule has 3 atom stereocenters. The second kappa shape index (κ2) is 5.33. The Balaban J connectivity index is 2.46. The number of nitrogens with zero attached hydrogens (tertiary/aromatic N) is 2. The summed E-state index contributed by atoms with van der Waals surface area (Å²) in [5, 5.41) is 8.63. The quantitative estimate of drug-likeness (QED) is 0.688. The van der Waals surface area contributed by atoms with Crippen LogP contribution in [0.2, 0.25) is 0 Å². The average Bonchev–Trinajstić information content (AvgIpc) is 2.19. The predicted octanol–water partition coefficient (Wildman–Crippen LogP) is 1.65. The monoisotopic (exact) mass is 196 g/mol. The lowest BCUT2D eigenvalue weighted by atomic mass is 9.94. The van der Waals surface area contributed by atoms with Crippen molar-refractivity contribution < 1.29 is 4.74 Å². The number of hydrogen-bond acceptors (Lipinski definition) is 3. The van der Waals surface area contributed by atoms with Crippen LogP contribution in [0.25, 0.3) is 0 Å². The fraction of sp³-hybridized carbons (Fsp3) is 0.909. The first-order chi connectivity index (χ1) is 6.69. The number of piperidine rings is 1. The molecule has 1 aliphatic rings. The van der Waals surface area contributed by atoms with Crippen LogP contribution in [0.3, 0.4) is 0 Å². The third-order valence-corrected chi connectivity index (χ3v) is 3.23. The number of likely N-dealkylation sites (tertiary alicyclic amines) is 1. The predicted molar refractivity (Wildman–Crippen MR) is 55.8 cm³/mol. The number of nitriles is 1. The SMILES string of the molecule is COC1CN(C(C)CC#N)CCC1C. The lowest BCUT2D eigenvalue weighted by Crippen LogP contribution is -2.47. The summed E-state index contributed by atoms with van der Waals surface area (Å²) in [5.74, 6) is 0.644. The van der Waals surface area contributed by atoms with E-state index in [9.17, 15) is 0 Å². The van der Waals surface area contributed by atoms with Crippen LogP contribution in [-0.2, 0) is 4.74 Å². The summed E-state index contributed by atoms with van der Waals surface area (Å²) in [6.45, 7) is 6.43. The second-order valence-corrected chi connectivity index (χ2v) is 4.25. The molecular formula is C11H20N2O. The number of rotatable bonds is 3. The van der Waals surface area contributed by atoms with E-state index in [-0.39, 0.29) is 0 Å². The molecule has 0 aromatic rings. The van der Waals surface area contributed by atoms with Crippen LogP contribution in [0.1, 0.15) is 26.7 Å². The van der Waals surface area contributed by atoms with Crippen LogP contribution in [0, 0.1) is 17.2 Å². The largest absolute Gasteiger partial charge is 0.380 e. The van der Waals surface area contributed by atoms with Gasteiger partial charge in [-0.3, -0.25) is 4.90 Å². The lowest BCUT2D eigenvalue weighted by molar-refractivity contribution is -0.0160. The Hall–Kier alpha value is -0.590. The van der Waals surface area contributed by atoms with Crippen LogP contribution >= 0.6 is 0 Å². The number of hydrogen-bond donors (Lipinski definition) is 0. The lowest BCUT2D eigenvalue weighted by Gasteiger charge is -2.38. The van der Waals surface area contributed by atoms with Crippen molar-refractivity contribution in [2.24, 2.45) is 5.92 Å². The minimum absolute atomic E-state index is 0.338. The fourth-order valence-electron chi connectivity index (χ4n) is 2.03. The van der Waals surface area contributed by atoms with Gasteiger partial charge >= 0.3 is 0 Å². The molecule has 3 nitrogen and oxygen atoms in total. The molecule has 1 rings (SSSR count). The zero-order valence-corrected chi connectivity index (χ0v) is 9.36. The van der Waals surface area contributed by atoms with Gasteiger partial charge in [0.2, 0.25) is 0 Å². The van der Waals surface area contributed by atoms with E-state index >= 15 is 0 Å². The van der Waals surface area contributed by atoms with Gasteiger partial charge in [-0.2, -0.15) is 5.26 Å². The van der Waals surface area contributed by atoms with Gasteiger partial charge in [-0.15, -0.1) is 0 Å². The third kappa shape index (κ3) is 2.70. The maximum Gasteiger partial charge on any atom is 0.0724 e. The Bertz CT molecular complexity index is 212. The Labute approximate surface area is 86.6 Å². The van der Waals surface area contributed by atoms with E-state index in [4.69, 9.17) is 10.00 Å². The highest BCUT2D eigenvalue weighted by Gasteiger charge is 2.28. The Morgan fingerprint density at radius 2 is 2.36 bits per heavy atom. The van der Waals surface area contributed by atoms with Crippen molar-refractivity contribution in [2.45, 2.75) is 38.8 Å². The first-order valence-corrected chi connectivity index (χ1v) is 5.32. The number of ether oxygens (including phenoxy) is 1. The van der Waals surface area contributed by atoms with Crippen molar-refractivity contribution in [1.82, 2.24) is 4.90 Å². The summed E-state index contributed by atoms with van der Waals surface area (Å²) in [6.07, 6.45) is 2.13. The molecule has 0 bridgehead atoms. The van der Waals surface area contributed by atoms with E-state index in [1.165, 1.54) is 6.42 Å². The van der Waals surface area contributed by atoms with Crippen LogP contribution < -0.4 is 0 Å². The van der Waals surface area contributed by atoms with Gasteiger partial charge < -0.3 is 4.74 Å². The second-order valence-electron chi connectivity index (χ2n) is 4.25. The first-order valence-electron chi connectivity index (χ1n) is 5.32. The molecule has 0 aliphatic carbocycles. The molecule has 0 aromatic heterocycles. The maximum absolute atomic E-state index is 8.63. The molecule has 0 aromatic carbocycles.